The van der Waals surface area contributed by atoms with Crippen LogP contribution in [0.5, 0.6) is 5.75 Å². The highest BCUT2D eigenvalue weighted by molar-refractivity contribution is 7.15. The molecule has 5 heteroatoms. The predicted molar refractivity (Wildman–Crippen MR) is 107 cm³/mol. The van der Waals surface area contributed by atoms with E-state index in [2.05, 4.69) is 23.2 Å². The third-order valence-corrected chi connectivity index (χ3v) is 6.11. The van der Waals surface area contributed by atoms with E-state index in [1.807, 2.05) is 35.7 Å². The SMILES string of the molecule is COc1ccc(C2=NCC3=C2Cc2sc(-c4cncc(N)c4)cc23)cc1. The standard InChI is InChI=1S/C21H17N3OS/c1-25-15-4-2-12(3-5-15)21-17-8-20-16(18(17)11-24-21)7-19(26-20)13-6-14(22)10-23-9-13/h2-7,9-10H,8,11,22H2,1H3. The van der Waals surface area contributed by atoms with Gasteiger partial charge in [-0.2, -0.15) is 0 Å². The number of pyridine rings is 1. The quantitative estimate of drug-likeness (QED) is 0.762. The lowest BCUT2D eigenvalue weighted by atomic mass is 10.0. The molecule has 26 heavy (non-hydrogen) atoms. The molecule has 2 N–H and O–H groups in total. The summed E-state index contributed by atoms with van der Waals surface area (Å²) in [7, 11) is 1.69. The molecule has 0 amide bonds. The fourth-order valence-corrected chi connectivity index (χ4v) is 4.84. The van der Waals surface area contributed by atoms with Crippen LogP contribution < -0.4 is 10.5 Å². The van der Waals surface area contributed by atoms with Crippen molar-refractivity contribution in [1.82, 2.24) is 4.98 Å². The second-order valence-corrected chi connectivity index (χ2v) is 7.62. The summed E-state index contributed by atoms with van der Waals surface area (Å²) >= 11 is 1.83. The summed E-state index contributed by atoms with van der Waals surface area (Å²) in [6.45, 7) is 0.759. The molecule has 1 aliphatic carbocycles. The lowest BCUT2D eigenvalue weighted by Gasteiger charge is -2.06. The molecule has 2 aromatic heterocycles. The van der Waals surface area contributed by atoms with Crippen LogP contribution in [-0.2, 0) is 6.42 Å². The molecule has 0 saturated carbocycles. The maximum Gasteiger partial charge on any atom is 0.118 e. The Morgan fingerprint density at radius 2 is 1.88 bits per heavy atom. The number of benzene rings is 1. The van der Waals surface area contributed by atoms with E-state index in [0.717, 1.165) is 35.6 Å². The number of nitrogen functional groups attached to an aromatic ring is 1. The van der Waals surface area contributed by atoms with E-state index in [1.165, 1.54) is 26.5 Å². The first kappa shape index (κ1) is 15.3. The molecule has 5 rings (SSSR count). The van der Waals surface area contributed by atoms with Crippen LogP contribution in [0.2, 0.25) is 0 Å². The highest BCUT2D eigenvalue weighted by Gasteiger charge is 2.31. The van der Waals surface area contributed by atoms with Crippen molar-refractivity contribution >= 4 is 28.3 Å². The fourth-order valence-electron chi connectivity index (χ4n) is 3.66. The van der Waals surface area contributed by atoms with Gasteiger partial charge in [0.05, 0.1) is 25.1 Å². The van der Waals surface area contributed by atoms with Gasteiger partial charge in [-0.25, -0.2) is 0 Å². The summed E-state index contributed by atoms with van der Waals surface area (Å²) in [5.41, 5.74) is 14.0. The summed E-state index contributed by atoms with van der Waals surface area (Å²) in [5.74, 6) is 0.868. The minimum Gasteiger partial charge on any atom is -0.497 e. The van der Waals surface area contributed by atoms with E-state index in [4.69, 9.17) is 15.5 Å². The molecule has 0 spiro atoms. The van der Waals surface area contributed by atoms with Crippen molar-refractivity contribution in [2.45, 2.75) is 6.42 Å². The Labute approximate surface area is 155 Å². The maximum atomic E-state index is 5.88. The number of ether oxygens (including phenoxy) is 1. The lowest BCUT2D eigenvalue weighted by Crippen LogP contribution is -2.03. The number of aromatic nitrogens is 1. The second-order valence-electron chi connectivity index (χ2n) is 6.48. The van der Waals surface area contributed by atoms with E-state index in [1.54, 1.807) is 13.3 Å². The third-order valence-electron chi connectivity index (χ3n) is 4.92. The lowest BCUT2D eigenvalue weighted by molar-refractivity contribution is 0.415. The van der Waals surface area contributed by atoms with Gasteiger partial charge in [-0.1, -0.05) is 0 Å². The first-order chi connectivity index (χ1) is 12.7. The fraction of sp³-hybridized carbons (Fsp3) is 0.143. The molecule has 3 heterocycles. The number of nitrogens with two attached hydrogens (primary N) is 1. The van der Waals surface area contributed by atoms with Crippen LogP contribution in [0.4, 0.5) is 5.69 Å². The predicted octanol–water partition coefficient (Wildman–Crippen LogP) is 4.21. The van der Waals surface area contributed by atoms with Gasteiger partial charge in [0, 0.05) is 39.7 Å². The molecule has 3 aromatic rings. The Morgan fingerprint density at radius 1 is 1.04 bits per heavy atom. The van der Waals surface area contributed by atoms with E-state index in [0.29, 0.717) is 5.69 Å². The van der Waals surface area contributed by atoms with E-state index >= 15 is 0 Å². The van der Waals surface area contributed by atoms with Crippen molar-refractivity contribution in [2.24, 2.45) is 4.99 Å². The molecule has 1 aromatic carbocycles. The maximum absolute atomic E-state index is 5.88. The summed E-state index contributed by atoms with van der Waals surface area (Å²) < 4.78 is 5.26. The zero-order chi connectivity index (χ0) is 17.7. The molecular weight excluding hydrogens is 342 g/mol. The number of anilines is 1. The van der Waals surface area contributed by atoms with Gasteiger partial charge in [0.15, 0.2) is 0 Å². The molecule has 4 nitrogen and oxygen atoms in total. The van der Waals surface area contributed by atoms with Crippen molar-refractivity contribution in [3.05, 3.63) is 70.4 Å². The van der Waals surface area contributed by atoms with Gasteiger partial charge < -0.3 is 10.5 Å². The van der Waals surface area contributed by atoms with Gasteiger partial charge in [0.25, 0.3) is 0 Å². The monoisotopic (exact) mass is 359 g/mol. The highest BCUT2D eigenvalue weighted by Crippen LogP contribution is 2.45. The first-order valence-electron chi connectivity index (χ1n) is 8.48. The summed E-state index contributed by atoms with van der Waals surface area (Å²) in [5, 5.41) is 0. The Morgan fingerprint density at radius 3 is 2.65 bits per heavy atom. The Kier molecular flexibility index (Phi) is 3.43. The zero-order valence-corrected chi connectivity index (χ0v) is 15.1. The number of rotatable bonds is 3. The molecule has 0 saturated heterocycles. The number of methoxy groups -OCH3 is 1. The average Bonchev–Trinajstić information content (AvgIpc) is 3.33. The smallest absolute Gasteiger partial charge is 0.118 e. The van der Waals surface area contributed by atoms with Crippen LogP contribution in [0.1, 0.15) is 16.0 Å². The number of allylic oxidation sites excluding steroid dienone is 1. The number of nitrogens with zero attached hydrogens (tertiary/aromatic N) is 2. The molecule has 1 aliphatic heterocycles. The van der Waals surface area contributed by atoms with Crippen molar-refractivity contribution < 1.29 is 4.74 Å². The Balaban J connectivity index is 1.48. The molecule has 0 fully saturated rings. The molecule has 2 aliphatic rings. The summed E-state index contributed by atoms with van der Waals surface area (Å²) in [4.78, 5) is 11.7. The van der Waals surface area contributed by atoms with Gasteiger partial charge in [-0.3, -0.25) is 9.98 Å². The summed E-state index contributed by atoms with van der Waals surface area (Å²) in [6, 6.07) is 12.4. The molecule has 128 valence electrons. The first-order valence-corrected chi connectivity index (χ1v) is 9.30. The molecule has 0 atom stereocenters. The van der Waals surface area contributed by atoms with E-state index < -0.39 is 0 Å². The van der Waals surface area contributed by atoms with Crippen LogP contribution in [0.15, 0.2) is 59.4 Å². The zero-order valence-electron chi connectivity index (χ0n) is 14.3. The minimum atomic E-state index is 0.696. The van der Waals surface area contributed by atoms with Crippen LogP contribution >= 0.6 is 11.3 Å². The van der Waals surface area contributed by atoms with Crippen LogP contribution in [0.3, 0.4) is 0 Å². The van der Waals surface area contributed by atoms with Crippen LogP contribution in [0, 0.1) is 0 Å². The second kappa shape index (κ2) is 5.81. The number of thiophene rings is 1. The van der Waals surface area contributed by atoms with E-state index in [-0.39, 0.29) is 0 Å². The van der Waals surface area contributed by atoms with Crippen LogP contribution in [-0.4, -0.2) is 24.4 Å². The molecular formula is C21H17N3OS. The number of fused-ring (bicyclic) bond motifs is 2. The Hall–Kier alpha value is -2.92. The largest absolute Gasteiger partial charge is 0.497 e. The van der Waals surface area contributed by atoms with Crippen molar-refractivity contribution in [3.8, 4) is 16.2 Å². The molecule has 0 unspecified atom stereocenters. The molecule has 0 radical (unpaired) electrons. The van der Waals surface area contributed by atoms with Crippen LogP contribution in [0.25, 0.3) is 16.0 Å². The van der Waals surface area contributed by atoms with Gasteiger partial charge in [-0.05, 0) is 53.1 Å². The minimum absolute atomic E-state index is 0.696. The van der Waals surface area contributed by atoms with E-state index in [9.17, 15) is 0 Å². The van der Waals surface area contributed by atoms with Crippen molar-refractivity contribution in [2.75, 3.05) is 19.4 Å². The topological polar surface area (TPSA) is 60.5 Å². The average molecular weight is 359 g/mol. The van der Waals surface area contributed by atoms with Crippen molar-refractivity contribution in [3.63, 3.8) is 0 Å². The Bertz CT molecular complexity index is 1080. The summed E-state index contributed by atoms with van der Waals surface area (Å²) in [6.07, 6.45) is 4.51. The van der Waals surface area contributed by atoms with Gasteiger partial charge >= 0.3 is 0 Å². The third kappa shape index (κ3) is 2.35. The highest BCUT2D eigenvalue weighted by atomic mass is 32.1. The number of hydrogen-bond acceptors (Lipinski definition) is 5. The number of hydrogen-bond donors (Lipinski definition) is 1. The van der Waals surface area contributed by atoms with Gasteiger partial charge in [0.2, 0.25) is 0 Å². The van der Waals surface area contributed by atoms with Crippen molar-refractivity contribution in [1.29, 1.82) is 0 Å². The number of aliphatic imine (C=N–C) groups is 1. The molecule has 0 bridgehead atoms. The van der Waals surface area contributed by atoms with Gasteiger partial charge in [-0.15, -0.1) is 11.3 Å². The van der Waals surface area contributed by atoms with Gasteiger partial charge in [0.1, 0.15) is 5.75 Å². The normalized spacial score (nSPS) is 15.0.